The Balaban J connectivity index is 1.74. The minimum absolute atomic E-state index is 0.734. The molecule has 1 aliphatic rings. The average molecular weight is 236 g/mol. The predicted molar refractivity (Wildman–Crippen MR) is 68.8 cm³/mol. The molecule has 4 nitrogen and oxygen atoms in total. The number of nitrogens with one attached hydrogen (secondary N) is 1. The van der Waals surface area contributed by atoms with E-state index in [1.807, 2.05) is 4.68 Å². The lowest BCUT2D eigenvalue weighted by atomic mass is 10.0. The van der Waals surface area contributed by atoms with Crippen molar-refractivity contribution in [2.24, 2.45) is 5.92 Å². The molecular weight excluding hydrogens is 212 g/mol. The molecule has 17 heavy (non-hydrogen) atoms. The molecule has 1 atom stereocenters. The summed E-state index contributed by atoms with van der Waals surface area (Å²) in [4.78, 5) is 4.32. The fourth-order valence-corrected chi connectivity index (χ4v) is 2.49. The first kappa shape index (κ1) is 12.6. The lowest BCUT2D eigenvalue weighted by molar-refractivity contribution is 0.430. The Bertz CT molecular complexity index is 330. The van der Waals surface area contributed by atoms with Crippen molar-refractivity contribution >= 4 is 0 Å². The molecule has 0 radical (unpaired) electrons. The zero-order valence-corrected chi connectivity index (χ0v) is 11.0. The molecule has 1 unspecified atom stereocenters. The van der Waals surface area contributed by atoms with E-state index in [0.717, 1.165) is 37.3 Å². The van der Waals surface area contributed by atoms with Crippen LogP contribution in [0.2, 0.25) is 0 Å². The van der Waals surface area contributed by atoms with E-state index < -0.39 is 0 Å². The SMILES string of the molecule is CCNC(CCCc1ncnn1CC)C1CC1. The van der Waals surface area contributed by atoms with Crippen LogP contribution in [0.5, 0.6) is 0 Å². The molecule has 2 rings (SSSR count). The van der Waals surface area contributed by atoms with E-state index in [1.54, 1.807) is 6.33 Å². The van der Waals surface area contributed by atoms with E-state index in [9.17, 15) is 0 Å². The van der Waals surface area contributed by atoms with Gasteiger partial charge in [-0.15, -0.1) is 0 Å². The molecule has 0 aromatic carbocycles. The maximum absolute atomic E-state index is 4.32. The maximum atomic E-state index is 4.32. The highest BCUT2D eigenvalue weighted by Gasteiger charge is 2.29. The van der Waals surface area contributed by atoms with Gasteiger partial charge in [-0.1, -0.05) is 6.92 Å². The molecule has 4 heteroatoms. The second kappa shape index (κ2) is 6.15. The van der Waals surface area contributed by atoms with Gasteiger partial charge in [0, 0.05) is 19.0 Å². The summed E-state index contributed by atoms with van der Waals surface area (Å²) in [6.07, 6.45) is 8.05. The van der Waals surface area contributed by atoms with Crippen LogP contribution < -0.4 is 5.32 Å². The second-order valence-corrected chi connectivity index (χ2v) is 4.89. The lowest BCUT2D eigenvalue weighted by Crippen LogP contribution is -2.30. The minimum Gasteiger partial charge on any atom is -0.314 e. The van der Waals surface area contributed by atoms with Crippen molar-refractivity contribution in [2.45, 2.75) is 58.5 Å². The summed E-state index contributed by atoms with van der Waals surface area (Å²) in [5, 5.41) is 7.82. The van der Waals surface area contributed by atoms with Gasteiger partial charge in [-0.05, 0) is 45.1 Å². The Hall–Kier alpha value is -0.900. The topological polar surface area (TPSA) is 42.7 Å². The van der Waals surface area contributed by atoms with E-state index >= 15 is 0 Å². The van der Waals surface area contributed by atoms with Crippen LogP contribution in [0.15, 0.2) is 6.33 Å². The van der Waals surface area contributed by atoms with Crippen LogP contribution in [0.1, 0.15) is 45.4 Å². The molecule has 1 fully saturated rings. The van der Waals surface area contributed by atoms with Crippen LogP contribution >= 0.6 is 0 Å². The molecule has 1 aliphatic carbocycles. The van der Waals surface area contributed by atoms with E-state index in [0.29, 0.717) is 0 Å². The van der Waals surface area contributed by atoms with Gasteiger partial charge in [-0.3, -0.25) is 4.68 Å². The van der Waals surface area contributed by atoms with Gasteiger partial charge >= 0.3 is 0 Å². The van der Waals surface area contributed by atoms with Crippen molar-refractivity contribution in [1.29, 1.82) is 0 Å². The predicted octanol–water partition coefficient (Wildman–Crippen LogP) is 2.01. The zero-order valence-electron chi connectivity index (χ0n) is 11.0. The number of aryl methyl sites for hydroxylation is 2. The Morgan fingerprint density at radius 3 is 2.94 bits per heavy atom. The Morgan fingerprint density at radius 2 is 2.29 bits per heavy atom. The fourth-order valence-electron chi connectivity index (χ4n) is 2.49. The highest BCUT2D eigenvalue weighted by atomic mass is 15.3. The average Bonchev–Trinajstić information content (AvgIpc) is 3.08. The zero-order chi connectivity index (χ0) is 12.1. The summed E-state index contributed by atoms with van der Waals surface area (Å²) < 4.78 is 2.00. The third-order valence-electron chi connectivity index (χ3n) is 3.57. The van der Waals surface area contributed by atoms with Gasteiger partial charge < -0.3 is 5.32 Å². The van der Waals surface area contributed by atoms with Crippen LogP contribution in [0.25, 0.3) is 0 Å². The largest absolute Gasteiger partial charge is 0.314 e. The molecule has 96 valence electrons. The number of hydrogen-bond acceptors (Lipinski definition) is 3. The third kappa shape index (κ3) is 3.53. The summed E-state index contributed by atoms with van der Waals surface area (Å²) in [5.74, 6) is 2.08. The highest BCUT2D eigenvalue weighted by molar-refractivity contribution is 4.89. The molecule has 1 saturated carbocycles. The third-order valence-corrected chi connectivity index (χ3v) is 3.57. The summed E-state index contributed by atoms with van der Waals surface area (Å²) in [7, 11) is 0. The molecular formula is C13H24N4. The van der Waals surface area contributed by atoms with Crippen molar-refractivity contribution in [1.82, 2.24) is 20.1 Å². The van der Waals surface area contributed by atoms with Gasteiger partial charge in [0.1, 0.15) is 12.2 Å². The van der Waals surface area contributed by atoms with Crippen molar-refractivity contribution in [3.63, 3.8) is 0 Å². The van der Waals surface area contributed by atoms with Gasteiger partial charge in [-0.25, -0.2) is 4.98 Å². The molecule has 0 saturated heterocycles. The quantitative estimate of drug-likeness (QED) is 0.751. The molecule has 0 aliphatic heterocycles. The number of nitrogens with zero attached hydrogens (tertiary/aromatic N) is 3. The molecule has 1 aromatic rings. The molecule has 1 N–H and O–H groups in total. The molecule has 0 spiro atoms. The van der Waals surface area contributed by atoms with Crippen molar-refractivity contribution in [3.8, 4) is 0 Å². The maximum Gasteiger partial charge on any atom is 0.138 e. The highest BCUT2D eigenvalue weighted by Crippen LogP contribution is 2.34. The van der Waals surface area contributed by atoms with Gasteiger partial charge in [0.25, 0.3) is 0 Å². The normalized spacial score (nSPS) is 17.3. The van der Waals surface area contributed by atoms with Crippen LogP contribution in [0.4, 0.5) is 0 Å². The van der Waals surface area contributed by atoms with E-state index in [2.05, 4.69) is 29.2 Å². The summed E-state index contributed by atoms with van der Waals surface area (Å²) in [5.41, 5.74) is 0. The number of rotatable bonds is 8. The van der Waals surface area contributed by atoms with Crippen molar-refractivity contribution in [3.05, 3.63) is 12.2 Å². The number of hydrogen-bond donors (Lipinski definition) is 1. The smallest absolute Gasteiger partial charge is 0.138 e. The van der Waals surface area contributed by atoms with Crippen LogP contribution in [-0.2, 0) is 13.0 Å². The van der Waals surface area contributed by atoms with Crippen LogP contribution in [-0.4, -0.2) is 27.4 Å². The molecule has 1 aromatic heterocycles. The first-order valence-corrected chi connectivity index (χ1v) is 6.95. The van der Waals surface area contributed by atoms with Gasteiger partial charge in [0.2, 0.25) is 0 Å². The van der Waals surface area contributed by atoms with Gasteiger partial charge in [0.15, 0.2) is 0 Å². The Labute approximate surface area is 104 Å². The second-order valence-electron chi connectivity index (χ2n) is 4.89. The van der Waals surface area contributed by atoms with Crippen LogP contribution in [0, 0.1) is 5.92 Å². The molecule has 1 heterocycles. The summed E-state index contributed by atoms with van der Waals surface area (Å²) in [6.45, 7) is 6.33. The monoisotopic (exact) mass is 236 g/mol. The fraction of sp³-hybridized carbons (Fsp3) is 0.846. The first-order valence-electron chi connectivity index (χ1n) is 6.95. The van der Waals surface area contributed by atoms with Gasteiger partial charge in [-0.2, -0.15) is 5.10 Å². The summed E-state index contributed by atoms with van der Waals surface area (Å²) >= 11 is 0. The minimum atomic E-state index is 0.734. The number of aromatic nitrogens is 3. The van der Waals surface area contributed by atoms with Crippen molar-refractivity contribution < 1.29 is 0 Å². The molecule has 0 bridgehead atoms. The van der Waals surface area contributed by atoms with Gasteiger partial charge in [0.05, 0.1) is 0 Å². The van der Waals surface area contributed by atoms with Crippen molar-refractivity contribution in [2.75, 3.05) is 6.54 Å². The lowest BCUT2D eigenvalue weighted by Gasteiger charge is -2.16. The van der Waals surface area contributed by atoms with E-state index in [-0.39, 0.29) is 0 Å². The van der Waals surface area contributed by atoms with Crippen LogP contribution in [0.3, 0.4) is 0 Å². The van der Waals surface area contributed by atoms with E-state index in [1.165, 1.54) is 25.7 Å². The first-order chi connectivity index (χ1) is 8.35. The van der Waals surface area contributed by atoms with E-state index in [4.69, 9.17) is 0 Å². The molecule has 0 amide bonds. The summed E-state index contributed by atoms with van der Waals surface area (Å²) in [6, 6.07) is 0.734. The Kier molecular flexibility index (Phi) is 4.54. The standard InChI is InChI=1S/C13H24N4/c1-3-14-12(11-8-9-11)6-5-7-13-15-10-16-17(13)4-2/h10-12,14H,3-9H2,1-2H3. The Morgan fingerprint density at radius 1 is 1.47 bits per heavy atom.